The Hall–Kier alpha value is -6.60. The highest BCUT2D eigenvalue weighted by Crippen LogP contribution is 2.58. The molecule has 0 radical (unpaired) electrons. The molecule has 10 aromatic rings. The second kappa shape index (κ2) is 28.2. The van der Waals surface area contributed by atoms with Gasteiger partial charge in [-0.3, -0.25) is 9.36 Å². The van der Waals surface area contributed by atoms with Crippen molar-refractivity contribution in [1.82, 2.24) is 18.3 Å². The Kier molecular flexibility index (Phi) is 19.6. The minimum Gasteiger partial charge on any atom is -0.268 e. The molecule has 0 amide bonds. The molecule has 13 rings (SSSR count). The number of imidazole rings is 1. The molecule has 0 saturated carbocycles. The summed E-state index contributed by atoms with van der Waals surface area (Å²) in [5.41, 5.74) is 14.0. The van der Waals surface area contributed by atoms with Crippen LogP contribution in [0.1, 0.15) is 240 Å². The lowest BCUT2D eigenvalue weighted by atomic mass is 9.70. The Labute approximate surface area is 553 Å². The topological polar surface area (TPSA) is 60.7 Å². The number of aromatic nitrogens is 4. The number of hydrogen-bond donors (Lipinski definition) is 0. The van der Waals surface area contributed by atoms with E-state index in [1.165, 1.54) is 186 Å². The maximum atomic E-state index is 16.4. The number of thiophene rings is 2. The third-order valence-corrected chi connectivity index (χ3v) is 23.7. The van der Waals surface area contributed by atoms with Crippen molar-refractivity contribution in [2.45, 2.75) is 218 Å². The third kappa shape index (κ3) is 11.6. The Morgan fingerprint density at radius 3 is 1.22 bits per heavy atom. The van der Waals surface area contributed by atoms with Crippen LogP contribution in [-0.2, 0) is 10.8 Å². The molecule has 6 aromatic carbocycles. The van der Waals surface area contributed by atoms with Gasteiger partial charge in [0.1, 0.15) is 16.6 Å². The summed E-state index contributed by atoms with van der Waals surface area (Å²) < 4.78 is 74.3. The van der Waals surface area contributed by atoms with Crippen LogP contribution in [0.15, 0.2) is 109 Å². The molecule has 0 unspecified atom stereocenters. The first kappa shape index (κ1) is 64.1. The molecule has 2 aliphatic carbocycles. The lowest BCUT2D eigenvalue weighted by Gasteiger charge is -2.33. The number of rotatable bonds is 32. The fraction of sp³-hybridized carbons (Fsp3) is 0.425. The molecule has 478 valence electrons. The minimum atomic E-state index is -2.04. The van der Waals surface area contributed by atoms with Gasteiger partial charge in [-0.15, -0.1) is 22.7 Å². The summed E-state index contributed by atoms with van der Waals surface area (Å²) in [7, 11) is 0. The van der Waals surface area contributed by atoms with E-state index < -0.39 is 40.3 Å². The van der Waals surface area contributed by atoms with E-state index in [2.05, 4.69) is 131 Å². The van der Waals surface area contributed by atoms with Crippen molar-refractivity contribution in [2.24, 2.45) is 0 Å². The SMILES string of the molecule is CCCCCCCCC1(CCCCCCCC)c2ccccc2-c2ccc(-c3ccc(-c4c5nsnc5c(-c5ccc(-c6ccc7c(c6)C(CCCCCCCC)(CCCCCCCC)c6ccccc6-7)s5)c5c4nc4n5C(=O)c5c(F)c(F)c(F)c(F)c5-4)s3)cc21. The first-order chi connectivity index (χ1) is 45.1. The Morgan fingerprint density at radius 1 is 0.380 bits per heavy atom. The van der Waals surface area contributed by atoms with Gasteiger partial charge in [0.2, 0.25) is 0 Å². The number of unbranched alkanes of at least 4 members (excludes halogenated alkanes) is 20. The maximum absolute atomic E-state index is 16.4. The standard InChI is InChI=1S/C80H86F4N4OS3/c1-5-9-13-17-21-29-45-79(46-30-22-18-14-10-6-2)57-35-27-25-33-53(57)55-39-37-51(49-59(55)79)61-41-43-63(90-61)65-73-74(87-92-86-73)66(76-75(65)85-77-67-68(78(89)88(76)77)70(82)72(84)71(83)69(67)81)64-44-42-62(91-64)52-38-40-56-54-34-26-28-36-58(54)80(60(56)50-52,47-31-23-19-15-11-7-3)48-32-24-20-16-12-8-4/h25-28,33-44,49-50H,5-24,29-32,45-48H2,1-4H3. The van der Waals surface area contributed by atoms with Gasteiger partial charge < -0.3 is 0 Å². The van der Waals surface area contributed by atoms with Crippen LogP contribution in [0, 0.1) is 23.3 Å². The van der Waals surface area contributed by atoms with Gasteiger partial charge in [0.05, 0.1) is 28.4 Å². The molecular weight excluding hydrogens is 1210 g/mol. The van der Waals surface area contributed by atoms with E-state index in [9.17, 15) is 4.79 Å². The van der Waals surface area contributed by atoms with Crippen LogP contribution in [0.2, 0.25) is 0 Å². The molecule has 4 aromatic heterocycles. The van der Waals surface area contributed by atoms with Crippen molar-refractivity contribution in [2.75, 3.05) is 0 Å². The fourth-order valence-corrected chi connectivity index (χ4v) is 18.8. The summed E-state index contributed by atoms with van der Waals surface area (Å²) in [4.78, 5) is 23.6. The normalized spacial score (nSPS) is 14.0. The van der Waals surface area contributed by atoms with E-state index >= 15 is 17.6 Å². The lowest BCUT2D eigenvalue weighted by Crippen LogP contribution is -2.25. The maximum Gasteiger partial charge on any atom is 0.268 e. The largest absolute Gasteiger partial charge is 0.268 e. The molecule has 5 heterocycles. The highest BCUT2D eigenvalue weighted by molar-refractivity contribution is 7.19. The number of carbonyl (C=O) groups is 1. The average molecular weight is 1290 g/mol. The van der Waals surface area contributed by atoms with E-state index in [0.717, 1.165) is 85.5 Å². The van der Waals surface area contributed by atoms with Crippen LogP contribution >= 0.6 is 34.4 Å². The van der Waals surface area contributed by atoms with Crippen LogP contribution in [0.25, 0.3) is 97.5 Å². The zero-order valence-electron chi connectivity index (χ0n) is 54.1. The second-order valence-corrected chi connectivity index (χ2v) is 29.4. The van der Waals surface area contributed by atoms with Crippen molar-refractivity contribution < 1.29 is 22.4 Å². The molecule has 0 atom stereocenters. The Balaban J connectivity index is 0.916. The van der Waals surface area contributed by atoms with Gasteiger partial charge in [0.25, 0.3) is 5.91 Å². The summed E-state index contributed by atoms with van der Waals surface area (Å²) in [5.74, 6) is -8.76. The number of fused-ring (bicyclic) bond motifs is 12. The van der Waals surface area contributed by atoms with Gasteiger partial charge in [-0.05, 0) is 118 Å². The van der Waals surface area contributed by atoms with E-state index in [1.54, 1.807) is 22.7 Å². The number of halogens is 4. The average Bonchev–Trinajstić information content (AvgIpc) is 1.53. The van der Waals surface area contributed by atoms with Gasteiger partial charge >= 0.3 is 0 Å². The van der Waals surface area contributed by atoms with E-state index in [0.29, 0.717) is 27.7 Å². The van der Waals surface area contributed by atoms with Crippen molar-refractivity contribution in [3.05, 3.63) is 160 Å². The first-order valence-electron chi connectivity index (χ1n) is 34.9. The predicted octanol–water partition coefficient (Wildman–Crippen LogP) is 25.6. The van der Waals surface area contributed by atoms with Crippen LogP contribution in [-0.4, -0.2) is 24.2 Å². The van der Waals surface area contributed by atoms with Crippen molar-refractivity contribution in [1.29, 1.82) is 0 Å². The lowest BCUT2D eigenvalue weighted by molar-refractivity contribution is 0.0968. The predicted molar refractivity (Wildman–Crippen MR) is 378 cm³/mol. The van der Waals surface area contributed by atoms with Gasteiger partial charge in [0.15, 0.2) is 29.1 Å². The molecule has 1 aliphatic heterocycles. The molecule has 92 heavy (non-hydrogen) atoms. The number of hydrogen-bond acceptors (Lipinski definition) is 7. The Morgan fingerprint density at radius 2 is 0.761 bits per heavy atom. The van der Waals surface area contributed by atoms with Crippen molar-refractivity contribution in [3.8, 4) is 75.4 Å². The number of carbonyl (C=O) groups excluding carboxylic acids is 1. The zero-order chi connectivity index (χ0) is 63.5. The molecule has 0 bridgehead atoms. The summed E-state index contributed by atoms with van der Waals surface area (Å²) in [6, 6.07) is 40.4. The van der Waals surface area contributed by atoms with Gasteiger partial charge in [-0.1, -0.05) is 255 Å². The fourth-order valence-electron chi connectivity index (χ4n) is 16.2. The van der Waals surface area contributed by atoms with Crippen molar-refractivity contribution in [3.63, 3.8) is 0 Å². The molecular formula is C80H86F4N4OS3. The molecule has 3 aliphatic rings. The number of nitrogens with zero attached hydrogens (tertiary/aromatic N) is 4. The number of benzene rings is 6. The molecule has 0 saturated heterocycles. The highest BCUT2D eigenvalue weighted by atomic mass is 32.1. The van der Waals surface area contributed by atoms with Gasteiger partial charge in [-0.25, -0.2) is 22.5 Å². The molecule has 12 heteroatoms. The molecule has 5 nitrogen and oxygen atoms in total. The molecule has 0 spiro atoms. The van der Waals surface area contributed by atoms with E-state index in [-0.39, 0.29) is 22.2 Å². The summed E-state index contributed by atoms with van der Waals surface area (Å²) in [6.45, 7) is 9.09. The summed E-state index contributed by atoms with van der Waals surface area (Å²) >= 11 is 4.18. The Bertz CT molecular complexity index is 4290. The van der Waals surface area contributed by atoms with Crippen LogP contribution < -0.4 is 0 Å². The summed E-state index contributed by atoms with van der Waals surface area (Å²) in [5, 5.41) is 0. The van der Waals surface area contributed by atoms with Crippen molar-refractivity contribution >= 4 is 62.4 Å². The quantitative estimate of drug-likeness (QED) is 0.0182. The highest BCUT2D eigenvalue weighted by Gasteiger charge is 2.45. The zero-order valence-corrected chi connectivity index (χ0v) is 56.6. The van der Waals surface area contributed by atoms with Crippen LogP contribution in [0.3, 0.4) is 0 Å². The van der Waals surface area contributed by atoms with E-state index in [4.69, 9.17) is 13.7 Å². The third-order valence-electron chi connectivity index (χ3n) is 20.9. The molecule has 0 N–H and O–H groups in total. The van der Waals surface area contributed by atoms with Crippen LogP contribution in [0.5, 0.6) is 0 Å². The van der Waals surface area contributed by atoms with Gasteiger partial charge in [0, 0.05) is 41.5 Å². The summed E-state index contributed by atoms with van der Waals surface area (Å²) in [6.07, 6.45) is 33.9. The van der Waals surface area contributed by atoms with E-state index in [1.807, 2.05) is 6.07 Å². The van der Waals surface area contributed by atoms with Crippen LogP contribution in [0.4, 0.5) is 17.6 Å². The molecule has 0 fully saturated rings. The minimum absolute atomic E-state index is 0.117. The monoisotopic (exact) mass is 1290 g/mol. The smallest absolute Gasteiger partial charge is 0.268 e. The van der Waals surface area contributed by atoms with Gasteiger partial charge in [-0.2, -0.15) is 8.75 Å². The first-order valence-corrected chi connectivity index (χ1v) is 37.3. The second-order valence-electron chi connectivity index (χ2n) is 26.7.